The van der Waals surface area contributed by atoms with Crippen LogP contribution in [-0.2, 0) is 10.2 Å². The van der Waals surface area contributed by atoms with Gasteiger partial charge in [-0.3, -0.25) is 4.79 Å². The molecule has 2 saturated carbocycles. The maximum atomic E-state index is 13.1. The van der Waals surface area contributed by atoms with Crippen LogP contribution >= 0.6 is 0 Å². The number of nitrogens with zero attached hydrogens (tertiary/aromatic N) is 1. The van der Waals surface area contributed by atoms with E-state index in [0.717, 1.165) is 44.7 Å². The molecule has 1 aromatic carbocycles. The Hall–Kier alpha value is -1.35. The lowest BCUT2D eigenvalue weighted by atomic mass is 9.88. The average Bonchev–Trinajstić information content (AvgIpc) is 3.45. The van der Waals surface area contributed by atoms with Crippen molar-refractivity contribution >= 4 is 5.91 Å². The van der Waals surface area contributed by atoms with Crippen LogP contribution in [-0.4, -0.2) is 36.5 Å². The lowest BCUT2D eigenvalue weighted by Gasteiger charge is -2.36. The SMILES string of the molecule is Cc1cc(C)cc(C2(C(=O)NC3CCN(CC4CCCCC4)CC3)CC2)c1. The van der Waals surface area contributed by atoms with Crippen LogP contribution in [0.25, 0.3) is 0 Å². The highest BCUT2D eigenvalue weighted by molar-refractivity contribution is 5.91. The highest BCUT2D eigenvalue weighted by Crippen LogP contribution is 2.49. The maximum absolute atomic E-state index is 13.1. The minimum absolute atomic E-state index is 0.240. The first-order chi connectivity index (χ1) is 13.0. The van der Waals surface area contributed by atoms with Gasteiger partial charge in [0, 0.05) is 25.7 Å². The molecule has 3 heteroatoms. The molecule has 3 fully saturated rings. The molecule has 1 N–H and O–H groups in total. The van der Waals surface area contributed by atoms with Crippen molar-refractivity contribution in [3.8, 4) is 0 Å². The quantitative estimate of drug-likeness (QED) is 0.830. The fraction of sp³-hybridized carbons (Fsp3) is 0.708. The molecule has 2 aliphatic carbocycles. The molecule has 27 heavy (non-hydrogen) atoms. The van der Waals surface area contributed by atoms with Crippen molar-refractivity contribution in [1.29, 1.82) is 0 Å². The highest BCUT2D eigenvalue weighted by atomic mass is 16.2. The molecule has 1 saturated heterocycles. The number of nitrogens with one attached hydrogen (secondary N) is 1. The molecule has 1 amide bonds. The molecule has 3 nitrogen and oxygen atoms in total. The summed E-state index contributed by atoms with van der Waals surface area (Å²) in [6, 6.07) is 6.99. The van der Waals surface area contributed by atoms with E-state index in [1.807, 2.05) is 0 Å². The summed E-state index contributed by atoms with van der Waals surface area (Å²) in [6.07, 6.45) is 11.4. The van der Waals surface area contributed by atoms with E-state index in [0.29, 0.717) is 6.04 Å². The largest absolute Gasteiger partial charge is 0.353 e. The summed E-state index contributed by atoms with van der Waals surface area (Å²) in [5, 5.41) is 3.42. The van der Waals surface area contributed by atoms with E-state index in [1.165, 1.54) is 55.3 Å². The van der Waals surface area contributed by atoms with Crippen molar-refractivity contribution < 1.29 is 4.79 Å². The first-order valence-corrected chi connectivity index (χ1v) is 11.2. The summed E-state index contributed by atoms with van der Waals surface area (Å²) >= 11 is 0. The van der Waals surface area contributed by atoms with Gasteiger partial charge in [0.05, 0.1) is 5.41 Å². The number of hydrogen-bond acceptors (Lipinski definition) is 2. The molecule has 0 bridgehead atoms. The highest BCUT2D eigenvalue weighted by Gasteiger charge is 2.51. The molecule has 3 aliphatic rings. The van der Waals surface area contributed by atoms with Crippen molar-refractivity contribution in [1.82, 2.24) is 10.2 Å². The number of benzene rings is 1. The molecule has 0 radical (unpaired) electrons. The molecule has 0 aromatic heterocycles. The van der Waals surface area contributed by atoms with Crippen molar-refractivity contribution in [3.63, 3.8) is 0 Å². The van der Waals surface area contributed by atoms with Crippen LogP contribution in [0.4, 0.5) is 0 Å². The average molecular weight is 369 g/mol. The second-order valence-electron chi connectivity index (χ2n) is 9.51. The topological polar surface area (TPSA) is 32.3 Å². The Kier molecular flexibility index (Phi) is 5.59. The van der Waals surface area contributed by atoms with Gasteiger partial charge in [-0.2, -0.15) is 0 Å². The van der Waals surface area contributed by atoms with Crippen LogP contribution in [0.15, 0.2) is 18.2 Å². The van der Waals surface area contributed by atoms with Gasteiger partial charge in [0.25, 0.3) is 0 Å². The number of likely N-dealkylation sites (tertiary alicyclic amines) is 1. The van der Waals surface area contributed by atoms with Crippen molar-refractivity contribution in [3.05, 3.63) is 34.9 Å². The first-order valence-electron chi connectivity index (χ1n) is 11.2. The predicted octanol–water partition coefficient (Wildman–Crippen LogP) is 4.50. The number of aryl methyl sites for hydroxylation is 2. The smallest absolute Gasteiger partial charge is 0.230 e. The van der Waals surface area contributed by atoms with Gasteiger partial charge in [-0.1, -0.05) is 48.6 Å². The van der Waals surface area contributed by atoms with E-state index in [4.69, 9.17) is 0 Å². The van der Waals surface area contributed by atoms with Crippen molar-refractivity contribution in [2.45, 2.75) is 83.1 Å². The first kappa shape index (κ1) is 19.0. The van der Waals surface area contributed by atoms with Gasteiger partial charge in [0.2, 0.25) is 5.91 Å². The fourth-order valence-corrected chi connectivity index (χ4v) is 5.34. The third kappa shape index (κ3) is 4.39. The molecule has 1 aromatic rings. The number of carbonyl (C=O) groups is 1. The molecule has 0 spiro atoms. The van der Waals surface area contributed by atoms with E-state index >= 15 is 0 Å². The molecular weight excluding hydrogens is 332 g/mol. The van der Waals surface area contributed by atoms with Gasteiger partial charge in [0.15, 0.2) is 0 Å². The lowest BCUT2D eigenvalue weighted by molar-refractivity contribution is -0.124. The summed E-state index contributed by atoms with van der Waals surface area (Å²) in [5.74, 6) is 1.20. The van der Waals surface area contributed by atoms with Crippen LogP contribution in [0.2, 0.25) is 0 Å². The summed E-state index contributed by atoms with van der Waals surface area (Å²) in [5.41, 5.74) is 3.52. The second-order valence-corrected chi connectivity index (χ2v) is 9.51. The maximum Gasteiger partial charge on any atom is 0.230 e. The predicted molar refractivity (Wildman–Crippen MR) is 111 cm³/mol. The number of hydrogen-bond donors (Lipinski definition) is 1. The van der Waals surface area contributed by atoms with Crippen LogP contribution in [0.5, 0.6) is 0 Å². The third-order valence-electron chi connectivity index (χ3n) is 7.12. The number of amides is 1. The van der Waals surface area contributed by atoms with E-state index in [1.54, 1.807) is 0 Å². The minimum Gasteiger partial charge on any atom is -0.353 e. The summed E-state index contributed by atoms with van der Waals surface area (Å²) in [4.78, 5) is 15.7. The second kappa shape index (κ2) is 7.95. The Balaban J connectivity index is 1.29. The number of carbonyl (C=O) groups excluding carboxylic acids is 1. The summed E-state index contributed by atoms with van der Waals surface area (Å²) < 4.78 is 0. The normalized spacial score (nSPS) is 23.9. The van der Waals surface area contributed by atoms with E-state index in [-0.39, 0.29) is 11.3 Å². The van der Waals surface area contributed by atoms with E-state index < -0.39 is 0 Å². The zero-order valence-electron chi connectivity index (χ0n) is 17.2. The minimum atomic E-state index is -0.240. The zero-order valence-corrected chi connectivity index (χ0v) is 17.2. The number of rotatable bonds is 5. The van der Waals surface area contributed by atoms with Crippen LogP contribution in [0, 0.1) is 19.8 Å². The van der Waals surface area contributed by atoms with Crippen LogP contribution in [0.3, 0.4) is 0 Å². The molecule has 1 heterocycles. The summed E-state index contributed by atoms with van der Waals surface area (Å²) in [6.45, 7) is 7.85. The Bertz CT molecular complexity index is 645. The van der Waals surface area contributed by atoms with Crippen molar-refractivity contribution in [2.24, 2.45) is 5.92 Å². The Morgan fingerprint density at radius 3 is 2.22 bits per heavy atom. The van der Waals surface area contributed by atoms with Gasteiger partial charge in [-0.05, 0) is 63.9 Å². The van der Waals surface area contributed by atoms with E-state index in [9.17, 15) is 4.79 Å². The molecule has 148 valence electrons. The molecule has 0 unspecified atom stereocenters. The van der Waals surface area contributed by atoms with Gasteiger partial charge in [-0.25, -0.2) is 0 Å². The Morgan fingerprint density at radius 2 is 1.63 bits per heavy atom. The van der Waals surface area contributed by atoms with Gasteiger partial charge < -0.3 is 10.2 Å². The third-order valence-corrected chi connectivity index (χ3v) is 7.12. The van der Waals surface area contributed by atoms with Gasteiger partial charge in [-0.15, -0.1) is 0 Å². The molecule has 4 rings (SSSR count). The zero-order chi connectivity index (χ0) is 18.9. The fourth-order valence-electron chi connectivity index (χ4n) is 5.34. The van der Waals surface area contributed by atoms with E-state index in [2.05, 4.69) is 42.3 Å². The van der Waals surface area contributed by atoms with Crippen LogP contribution < -0.4 is 5.32 Å². The van der Waals surface area contributed by atoms with Gasteiger partial charge in [0.1, 0.15) is 0 Å². The standard InChI is InChI=1S/C24H36N2O/c1-18-14-19(2)16-21(15-18)24(10-11-24)23(27)25-22-8-12-26(13-9-22)17-20-6-4-3-5-7-20/h14-16,20,22H,3-13,17H2,1-2H3,(H,25,27). The monoisotopic (exact) mass is 368 g/mol. The van der Waals surface area contributed by atoms with Crippen LogP contribution in [0.1, 0.15) is 74.5 Å². The summed E-state index contributed by atoms with van der Waals surface area (Å²) in [7, 11) is 0. The van der Waals surface area contributed by atoms with Crippen molar-refractivity contribution in [2.75, 3.05) is 19.6 Å². The number of piperidine rings is 1. The Labute approximate surface area is 164 Å². The Morgan fingerprint density at radius 1 is 1.00 bits per heavy atom. The lowest BCUT2D eigenvalue weighted by Crippen LogP contribution is -2.48. The van der Waals surface area contributed by atoms with Gasteiger partial charge >= 0.3 is 0 Å². The molecule has 1 aliphatic heterocycles. The molecule has 0 atom stereocenters. The molecular formula is C24H36N2O.